The van der Waals surface area contributed by atoms with Gasteiger partial charge in [0, 0.05) is 13.6 Å². The maximum atomic E-state index is 8.74. The van der Waals surface area contributed by atoms with E-state index in [-0.39, 0.29) is 0 Å². The van der Waals surface area contributed by atoms with E-state index < -0.39 is 10.4 Å². The van der Waals surface area contributed by atoms with Crippen LogP contribution in [0.4, 0.5) is 5.13 Å². The third-order valence-corrected chi connectivity index (χ3v) is 3.78. The lowest BCUT2D eigenvalue weighted by atomic mass is 10.2. The van der Waals surface area contributed by atoms with Crippen molar-refractivity contribution in [1.29, 1.82) is 0 Å². The fraction of sp³-hybridized carbons (Fsp3) is 0.545. The molecule has 0 aliphatic heterocycles. The normalized spacial score (nSPS) is 11.3. The van der Waals surface area contributed by atoms with Crippen LogP contribution in [0.15, 0.2) is 0 Å². The summed E-state index contributed by atoms with van der Waals surface area (Å²) in [7, 11) is -2.81. The van der Waals surface area contributed by atoms with E-state index in [1.165, 1.54) is 11.3 Å². The summed E-state index contributed by atoms with van der Waals surface area (Å²) < 4.78 is 33.3. The van der Waals surface area contributed by atoms with Gasteiger partial charge in [-0.3, -0.25) is 13.8 Å². The number of hydrogen-bond acceptors (Lipinski definition) is 7. The number of halogens is 1. The molecular formula is C11H18ClN5O4S2. The van der Waals surface area contributed by atoms with Crippen LogP contribution in [0.3, 0.4) is 0 Å². The molecule has 0 aliphatic carbocycles. The Morgan fingerprint density at radius 3 is 2.35 bits per heavy atom. The van der Waals surface area contributed by atoms with Crippen molar-refractivity contribution in [2.45, 2.75) is 20.8 Å². The van der Waals surface area contributed by atoms with E-state index in [0.717, 1.165) is 28.1 Å². The topological polar surface area (TPSA) is 130 Å². The van der Waals surface area contributed by atoms with E-state index in [1.54, 1.807) is 4.68 Å². The van der Waals surface area contributed by atoms with Gasteiger partial charge in [0.2, 0.25) is 5.13 Å². The Balaban J connectivity index is 0.000000463. The lowest BCUT2D eigenvalue weighted by Gasteiger charge is -2.03. The molecule has 12 heteroatoms. The average Bonchev–Trinajstić information content (AvgIpc) is 2.91. The molecule has 0 atom stereocenters. The molecule has 0 amide bonds. The Kier molecular flexibility index (Phi) is 6.89. The number of rotatable bonds is 4. The lowest BCUT2D eigenvalue weighted by molar-refractivity contribution is 0.381. The molecule has 0 fully saturated rings. The van der Waals surface area contributed by atoms with Crippen molar-refractivity contribution in [3.8, 4) is 10.7 Å². The number of nitrogens with zero attached hydrogens (tertiary/aromatic N) is 4. The largest absolute Gasteiger partial charge is 0.394 e. The van der Waals surface area contributed by atoms with Crippen LogP contribution in [0.2, 0.25) is 5.02 Å². The molecule has 2 heterocycles. The Morgan fingerprint density at radius 2 is 1.91 bits per heavy atom. The van der Waals surface area contributed by atoms with E-state index >= 15 is 0 Å². The highest BCUT2D eigenvalue weighted by Gasteiger charge is 2.17. The summed E-state index contributed by atoms with van der Waals surface area (Å²) in [5, 5.41) is 18.0. The fourth-order valence-corrected chi connectivity index (χ4v) is 2.68. The van der Waals surface area contributed by atoms with Gasteiger partial charge in [-0.05, 0) is 12.8 Å². The summed E-state index contributed by atoms with van der Waals surface area (Å²) in [6.45, 7) is 7.06. The highest BCUT2D eigenvalue weighted by Crippen LogP contribution is 2.33. The Labute approximate surface area is 143 Å². The zero-order valence-corrected chi connectivity index (χ0v) is 15.4. The molecule has 130 valence electrons. The van der Waals surface area contributed by atoms with Crippen LogP contribution in [0.25, 0.3) is 10.7 Å². The molecule has 2 aromatic rings. The van der Waals surface area contributed by atoms with Crippen molar-refractivity contribution in [2.24, 2.45) is 13.0 Å². The number of anilines is 1. The van der Waals surface area contributed by atoms with Crippen LogP contribution in [-0.2, 0) is 17.4 Å². The fourth-order valence-electron chi connectivity index (χ4n) is 1.55. The molecule has 0 bridgehead atoms. The molecule has 0 radical (unpaired) electrons. The summed E-state index contributed by atoms with van der Waals surface area (Å²) in [5.74, 6) is 0.569. The molecular weight excluding hydrogens is 366 g/mol. The van der Waals surface area contributed by atoms with Gasteiger partial charge in [-0.2, -0.15) is 13.5 Å². The quantitative estimate of drug-likeness (QED) is 0.685. The summed E-state index contributed by atoms with van der Waals surface area (Å²) in [6.07, 6.45) is 0. The Hall–Kier alpha value is -1.27. The van der Waals surface area contributed by atoms with Gasteiger partial charge in [-0.25, -0.2) is 0 Å². The minimum Gasteiger partial charge on any atom is -0.360 e. The van der Waals surface area contributed by atoms with Crippen LogP contribution in [0, 0.1) is 12.8 Å². The number of aryl methyl sites for hydroxylation is 2. The Morgan fingerprint density at radius 1 is 1.35 bits per heavy atom. The molecule has 0 saturated heterocycles. The van der Waals surface area contributed by atoms with Gasteiger partial charge in [0.1, 0.15) is 5.69 Å². The molecule has 2 rings (SSSR count). The maximum absolute atomic E-state index is 8.74. The highest BCUT2D eigenvalue weighted by molar-refractivity contribution is 7.79. The van der Waals surface area contributed by atoms with Crippen molar-refractivity contribution in [1.82, 2.24) is 20.0 Å². The zero-order valence-electron chi connectivity index (χ0n) is 13.0. The third-order valence-electron chi connectivity index (χ3n) is 2.44. The second-order valence-electron chi connectivity index (χ2n) is 5.01. The van der Waals surface area contributed by atoms with Gasteiger partial charge in [0.05, 0.1) is 10.7 Å². The van der Waals surface area contributed by atoms with Gasteiger partial charge in [0.15, 0.2) is 5.01 Å². The lowest BCUT2D eigenvalue weighted by Crippen LogP contribution is -2.07. The second-order valence-corrected chi connectivity index (χ2v) is 7.26. The minimum atomic E-state index is -4.67. The molecule has 0 saturated carbocycles. The molecule has 2 aromatic heterocycles. The van der Waals surface area contributed by atoms with Crippen molar-refractivity contribution in [3.05, 3.63) is 10.7 Å². The monoisotopic (exact) mass is 383 g/mol. The van der Waals surface area contributed by atoms with E-state index in [4.69, 9.17) is 29.1 Å². The standard InChI is InChI=1S/C11H16ClN5S.H2O4S/c1-6(2)5-13-11-15-14-10(18-11)9-8(12)7(3)16-17(9)4;1-5(2,3)4/h6H,5H2,1-4H3,(H,13,15);(H2,1,2,3,4). The zero-order chi connectivity index (χ0) is 17.8. The minimum absolute atomic E-state index is 0.569. The first-order valence-electron chi connectivity index (χ1n) is 6.45. The molecule has 9 nitrogen and oxygen atoms in total. The van der Waals surface area contributed by atoms with Gasteiger partial charge in [-0.15, -0.1) is 10.2 Å². The molecule has 23 heavy (non-hydrogen) atoms. The first-order valence-corrected chi connectivity index (χ1v) is 9.05. The molecule has 0 aromatic carbocycles. The smallest absolute Gasteiger partial charge is 0.360 e. The first kappa shape index (κ1) is 19.8. The maximum Gasteiger partial charge on any atom is 0.394 e. The number of nitrogens with one attached hydrogen (secondary N) is 1. The summed E-state index contributed by atoms with van der Waals surface area (Å²) in [5.41, 5.74) is 1.63. The predicted octanol–water partition coefficient (Wildman–Crippen LogP) is 2.32. The second kappa shape index (κ2) is 8.02. The predicted molar refractivity (Wildman–Crippen MR) is 89.4 cm³/mol. The average molecular weight is 384 g/mol. The number of hydrogen-bond donors (Lipinski definition) is 3. The highest BCUT2D eigenvalue weighted by atomic mass is 35.5. The summed E-state index contributed by atoms with van der Waals surface area (Å²) in [4.78, 5) is 0. The van der Waals surface area contributed by atoms with Crippen molar-refractivity contribution in [3.63, 3.8) is 0 Å². The van der Waals surface area contributed by atoms with Crippen LogP contribution in [-0.4, -0.2) is 44.0 Å². The number of aromatic nitrogens is 4. The van der Waals surface area contributed by atoms with Gasteiger partial charge in [0.25, 0.3) is 0 Å². The third kappa shape index (κ3) is 6.79. The summed E-state index contributed by atoms with van der Waals surface area (Å²) >= 11 is 7.71. The van der Waals surface area contributed by atoms with Gasteiger partial charge in [-0.1, -0.05) is 36.8 Å². The van der Waals surface area contributed by atoms with Crippen LogP contribution >= 0.6 is 22.9 Å². The SMILES string of the molecule is Cc1nn(C)c(-c2nnc(NCC(C)C)s2)c1Cl.O=S(=O)(O)O. The first-order chi connectivity index (χ1) is 10.5. The van der Waals surface area contributed by atoms with E-state index in [0.29, 0.717) is 10.9 Å². The Bertz CT molecular complexity index is 749. The van der Waals surface area contributed by atoms with Gasteiger partial charge < -0.3 is 5.32 Å². The van der Waals surface area contributed by atoms with E-state index in [9.17, 15) is 0 Å². The van der Waals surface area contributed by atoms with Crippen molar-refractivity contribution in [2.75, 3.05) is 11.9 Å². The molecule has 0 spiro atoms. The molecule has 0 unspecified atom stereocenters. The van der Waals surface area contributed by atoms with Crippen molar-refractivity contribution < 1.29 is 17.5 Å². The van der Waals surface area contributed by atoms with Crippen LogP contribution < -0.4 is 5.32 Å². The van der Waals surface area contributed by atoms with Gasteiger partial charge >= 0.3 is 10.4 Å². The van der Waals surface area contributed by atoms with E-state index in [2.05, 4.69) is 34.5 Å². The van der Waals surface area contributed by atoms with Crippen molar-refractivity contribution >= 4 is 38.5 Å². The van der Waals surface area contributed by atoms with Crippen LogP contribution in [0.1, 0.15) is 19.5 Å². The summed E-state index contributed by atoms with van der Waals surface area (Å²) in [6, 6.07) is 0. The molecule has 3 N–H and O–H groups in total. The van der Waals surface area contributed by atoms with E-state index in [1.807, 2.05) is 14.0 Å². The molecule has 0 aliphatic rings. The van der Waals surface area contributed by atoms with Crippen LogP contribution in [0.5, 0.6) is 0 Å².